The molecule has 9 nitrogen and oxygen atoms in total. The lowest BCUT2D eigenvalue weighted by atomic mass is 9.61. The number of hydrogen-bond acceptors (Lipinski definition) is 8. The van der Waals surface area contributed by atoms with Crippen molar-refractivity contribution in [2.24, 2.45) is 11.1 Å². The van der Waals surface area contributed by atoms with Gasteiger partial charge in [-0.25, -0.2) is 14.4 Å². The second kappa shape index (κ2) is 6.73. The van der Waals surface area contributed by atoms with E-state index >= 15 is 0 Å². The van der Waals surface area contributed by atoms with Crippen molar-refractivity contribution >= 4 is 33.4 Å². The molecule has 1 saturated heterocycles. The summed E-state index contributed by atoms with van der Waals surface area (Å²) < 4.78 is 20.3. The van der Waals surface area contributed by atoms with Gasteiger partial charge in [0.05, 0.1) is 29.0 Å². The zero-order chi connectivity index (χ0) is 22.0. The predicted octanol–water partition coefficient (Wildman–Crippen LogP) is 3.11. The highest BCUT2D eigenvalue weighted by Gasteiger charge is 2.52. The van der Waals surface area contributed by atoms with Crippen molar-refractivity contribution < 1.29 is 9.13 Å². The summed E-state index contributed by atoms with van der Waals surface area (Å²) in [5.74, 6) is 1.50. The molecule has 0 amide bonds. The van der Waals surface area contributed by atoms with Crippen molar-refractivity contribution in [3.8, 4) is 11.8 Å². The van der Waals surface area contributed by atoms with E-state index in [1.807, 2.05) is 0 Å². The van der Waals surface area contributed by atoms with Gasteiger partial charge in [-0.2, -0.15) is 9.97 Å². The van der Waals surface area contributed by atoms with Crippen molar-refractivity contribution in [2.45, 2.75) is 25.8 Å². The van der Waals surface area contributed by atoms with Crippen molar-refractivity contribution in [1.29, 1.82) is 0 Å². The fraction of sp³-hybridized carbons (Fsp3) is 0.364. The number of rotatable bonds is 4. The maximum Gasteiger partial charge on any atom is 0.326 e. The maximum atomic E-state index is 14.4. The van der Waals surface area contributed by atoms with Crippen molar-refractivity contribution in [1.82, 2.24) is 24.9 Å². The van der Waals surface area contributed by atoms with E-state index in [1.165, 1.54) is 12.1 Å². The van der Waals surface area contributed by atoms with Gasteiger partial charge in [-0.05, 0) is 31.9 Å². The third-order valence-electron chi connectivity index (χ3n) is 6.46. The summed E-state index contributed by atoms with van der Waals surface area (Å²) in [4.78, 5) is 23.2. The third-order valence-corrected chi connectivity index (χ3v) is 6.46. The van der Waals surface area contributed by atoms with Crippen LogP contribution in [0.15, 0.2) is 24.5 Å². The first-order valence-corrected chi connectivity index (χ1v) is 10.6. The molecule has 1 spiro atoms. The SMILES string of the molecule is CNc1cc(F)cc2c1[nH]c1nc(Oc3cnc(C)nc3)nc(N3CC4(CC(N)C4)C3)c12. The van der Waals surface area contributed by atoms with Crippen molar-refractivity contribution in [3.63, 3.8) is 0 Å². The Kier molecular flexibility index (Phi) is 4.03. The lowest BCUT2D eigenvalue weighted by Gasteiger charge is -2.58. The quantitative estimate of drug-likeness (QED) is 0.448. The van der Waals surface area contributed by atoms with Crippen LogP contribution in [0, 0.1) is 18.2 Å². The number of aromatic nitrogens is 5. The molecule has 0 atom stereocenters. The van der Waals surface area contributed by atoms with Crippen molar-refractivity contribution in [2.75, 3.05) is 30.4 Å². The number of aromatic amines is 1. The Labute approximate surface area is 183 Å². The first-order chi connectivity index (χ1) is 15.4. The zero-order valence-electron chi connectivity index (χ0n) is 17.8. The zero-order valence-corrected chi connectivity index (χ0v) is 17.8. The van der Waals surface area contributed by atoms with Crippen LogP contribution in [-0.4, -0.2) is 51.1 Å². The molecule has 2 fully saturated rings. The average molecular weight is 434 g/mol. The molecule has 0 bridgehead atoms. The normalized spacial score (nSPS) is 17.6. The number of fused-ring (bicyclic) bond motifs is 3. The Morgan fingerprint density at radius 3 is 2.66 bits per heavy atom. The highest BCUT2D eigenvalue weighted by Crippen LogP contribution is 2.50. The number of nitrogens with two attached hydrogens (primary N) is 1. The summed E-state index contributed by atoms with van der Waals surface area (Å²) in [7, 11) is 1.76. The largest absolute Gasteiger partial charge is 0.421 e. The van der Waals surface area contributed by atoms with Crippen LogP contribution in [0.5, 0.6) is 11.8 Å². The second-order valence-corrected chi connectivity index (χ2v) is 8.90. The topological polar surface area (TPSA) is 118 Å². The van der Waals surface area contributed by atoms with E-state index in [1.54, 1.807) is 26.4 Å². The van der Waals surface area contributed by atoms with E-state index in [0.717, 1.165) is 48.0 Å². The maximum absolute atomic E-state index is 14.4. The van der Waals surface area contributed by atoms with Gasteiger partial charge < -0.3 is 25.7 Å². The van der Waals surface area contributed by atoms with Gasteiger partial charge in [0.25, 0.3) is 0 Å². The first-order valence-electron chi connectivity index (χ1n) is 10.6. The number of nitrogens with one attached hydrogen (secondary N) is 2. The minimum atomic E-state index is -0.323. The molecule has 0 radical (unpaired) electrons. The van der Waals surface area contributed by atoms with Crippen LogP contribution < -0.4 is 20.7 Å². The van der Waals surface area contributed by atoms with Crippen molar-refractivity contribution in [3.05, 3.63) is 36.2 Å². The number of aryl methyl sites for hydroxylation is 1. The van der Waals surface area contributed by atoms with E-state index in [4.69, 9.17) is 15.5 Å². The van der Waals surface area contributed by atoms with Crippen LogP contribution in [0.3, 0.4) is 0 Å². The Hall–Kier alpha value is -3.53. The summed E-state index contributed by atoms with van der Waals surface area (Å²) in [6.07, 6.45) is 5.22. The van der Waals surface area contributed by atoms with Gasteiger partial charge in [-0.3, -0.25) is 0 Å². The Morgan fingerprint density at radius 1 is 1.22 bits per heavy atom. The molecule has 4 aromatic rings. The molecule has 1 saturated carbocycles. The molecule has 1 aliphatic carbocycles. The molecule has 32 heavy (non-hydrogen) atoms. The minimum absolute atomic E-state index is 0.184. The summed E-state index contributed by atoms with van der Waals surface area (Å²) in [5.41, 5.74) is 8.31. The number of nitrogens with zero attached hydrogens (tertiary/aromatic N) is 5. The third kappa shape index (κ3) is 2.94. The van der Waals surface area contributed by atoms with E-state index in [-0.39, 0.29) is 23.3 Å². The number of hydrogen-bond donors (Lipinski definition) is 3. The Bertz CT molecular complexity index is 1340. The monoisotopic (exact) mass is 434 g/mol. The number of anilines is 2. The van der Waals surface area contributed by atoms with E-state index in [0.29, 0.717) is 22.9 Å². The molecular formula is C22H23FN8O. The van der Waals surface area contributed by atoms with Gasteiger partial charge in [-0.1, -0.05) is 0 Å². The summed E-state index contributed by atoms with van der Waals surface area (Å²) in [5, 5.41) is 4.56. The fourth-order valence-electron chi connectivity index (χ4n) is 5.06. The molecule has 1 aliphatic heterocycles. The molecule has 164 valence electrons. The van der Waals surface area contributed by atoms with Gasteiger partial charge in [0, 0.05) is 37.0 Å². The van der Waals surface area contributed by atoms with Gasteiger partial charge >= 0.3 is 6.01 Å². The van der Waals surface area contributed by atoms with Gasteiger partial charge in [-0.15, -0.1) is 0 Å². The molecule has 2 aliphatic rings. The molecular weight excluding hydrogens is 411 g/mol. The Morgan fingerprint density at radius 2 is 1.97 bits per heavy atom. The van der Waals surface area contributed by atoms with Gasteiger partial charge in [0.1, 0.15) is 23.1 Å². The molecule has 10 heteroatoms. The number of H-pyrrole nitrogens is 1. The molecule has 0 unspecified atom stereocenters. The van der Waals surface area contributed by atoms with Crippen LogP contribution in [0.2, 0.25) is 0 Å². The molecule has 6 rings (SSSR count). The summed E-state index contributed by atoms with van der Waals surface area (Å²) in [6, 6.07) is 3.44. The average Bonchev–Trinajstić information content (AvgIpc) is 3.08. The molecule has 3 aromatic heterocycles. The van der Waals surface area contributed by atoms with Crippen LogP contribution in [-0.2, 0) is 0 Å². The predicted molar refractivity (Wildman–Crippen MR) is 120 cm³/mol. The standard InChI is InChI=1S/C22H23FN8O/c1-11-26-7-14(8-27-11)32-21-29-19-17(15-3-12(23)4-16(25-2)18(15)28-19)20(30-21)31-9-22(10-31)5-13(24)6-22/h3-4,7-8,13,25H,5-6,9-10,24H2,1-2H3,(H,28,29,30). The van der Waals surface area contributed by atoms with E-state index < -0.39 is 0 Å². The Balaban J connectivity index is 1.48. The lowest BCUT2D eigenvalue weighted by molar-refractivity contribution is 0.0660. The van der Waals surface area contributed by atoms with E-state index in [9.17, 15) is 4.39 Å². The van der Waals surface area contributed by atoms with Crippen LogP contribution in [0.1, 0.15) is 18.7 Å². The summed E-state index contributed by atoms with van der Waals surface area (Å²) >= 11 is 0. The smallest absolute Gasteiger partial charge is 0.326 e. The molecule has 4 heterocycles. The van der Waals surface area contributed by atoms with Gasteiger partial charge in [0.2, 0.25) is 0 Å². The van der Waals surface area contributed by atoms with Crippen LogP contribution in [0.25, 0.3) is 21.9 Å². The minimum Gasteiger partial charge on any atom is -0.421 e. The fourth-order valence-corrected chi connectivity index (χ4v) is 5.06. The van der Waals surface area contributed by atoms with Crippen LogP contribution >= 0.6 is 0 Å². The lowest BCUT2D eigenvalue weighted by Crippen LogP contribution is -2.65. The summed E-state index contributed by atoms with van der Waals surface area (Å²) in [6.45, 7) is 3.53. The highest BCUT2D eigenvalue weighted by atomic mass is 19.1. The molecule has 4 N–H and O–H groups in total. The van der Waals surface area contributed by atoms with Gasteiger partial charge in [0.15, 0.2) is 5.75 Å². The number of ether oxygens (including phenoxy) is 1. The molecule has 1 aromatic carbocycles. The first kappa shape index (κ1) is 19.2. The van der Waals surface area contributed by atoms with E-state index in [2.05, 4.69) is 30.2 Å². The highest BCUT2D eigenvalue weighted by molar-refractivity contribution is 6.14. The van der Waals surface area contributed by atoms with Crippen LogP contribution in [0.4, 0.5) is 15.9 Å². The number of benzene rings is 1. The number of halogens is 1. The second-order valence-electron chi connectivity index (χ2n) is 8.90.